The van der Waals surface area contributed by atoms with Gasteiger partial charge >= 0.3 is 0 Å². The van der Waals surface area contributed by atoms with E-state index in [0.717, 1.165) is 10.0 Å². The Morgan fingerprint density at radius 1 is 1.29 bits per heavy atom. The number of nitrogens with zero attached hydrogens (tertiary/aromatic N) is 3. The third kappa shape index (κ3) is 2.21. The Morgan fingerprint density at radius 3 is 2.64 bits per heavy atom. The Morgan fingerprint density at radius 2 is 2.07 bits per heavy atom. The number of nitrogens with one attached hydrogen (secondary N) is 1. The fourth-order valence-electron chi connectivity index (χ4n) is 1.03. The van der Waals surface area contributed by atoms with Crippen LogP contribution in [0.4, 0.5) is 5.69 Å². The van der Waals surface area contributed by atoms with Gasteiger partial charge in [-0.3, -0.25) is 0 Å². The van der Waals surface area contributed by atoms with E-state index in [1.165, 1.54) is 0 Å². The van der Waals surface area contributed by atoms with Gasteiger partial charge in [0.25, 0.3) is 0 Å². The third-order valence-electron chi connectivity index (χ3n) is 1.52. The second kappa shape index (κ2) is 4.39. The molecule has 0 bridgehead atoms. The van der Waals surface area contributed by atoms with Crippen molar-refractivity contribution < 1.29 is 0 Å². The summed E-state index contributed by atoms with van der Waals surface area (Å²) in [5.41, 5.74) is 7.14. The molecule has 2 aromatic rings. The summed E-state index contributed by atoms with van der Waals surface area (Å²) < 4.78 is 0.896. The van der Waals surface area contributed by atoms with Crippen LogP contribution in [0.2, 0.25) is 0 Å². The molecule has 0 spiro atoms. The van der Waals surface area contributed by atoms with Gasteiger partial charge in [0.05, 0.1) is 0 Å². The van der Waals surface area contributed by atoms with E-state index < -0.39 is 0 Å². The maximum absolute atomic E-state index is 5.65. The molecule has 14 heavy (non-hydrogen) atoms. The Kier molecular flexibility index (Phi) is 3.43. The minimum absolute atomic E-state index is 0. The second-order valence-corrected chi connectivity index (χ2v) is 3.42. The molecule has 0 atom stereocenters. The second-order valence-electron chi connectivity index (χ2n) is 2.51. The lowest BCUT2D eigenvalue weighted by molar-refractivity contribution is 0.881. The molecule has 7 heteroatoms. The Hall–Kier alpha value is -1.14. The summed E-state index contributed by atoms with van der Waals surface area (Å²) in [6.07, 6.45) is 0. The number of H-pyrrole nitrogens is 1. The standard InChI is InChI=1S/C7H6BrN5.ClH/c8-5-1-4(2-6(9)3-5)7-10-12-13-11-7;/h1-3H,9H2,(H,10,11,12,13);1H. The molecule has 5 nitrogen and oxygen atoms in total. The molecule has 0 saturated carbocycles. The van der Waals surface area contributed by atoms with Gasteiger partial charge in [0.2, 0.25) is 5.82 Å². The average Bonchev–Trinajstić information content (AvgIpc) is 2.53. The smallest absolute Gasteiger partial charge is 0.204 e. The first kappa shape index (κ1) is 10.9. The quantitative estimate of drug-likeness (QED) is 0.776. The summed E-state index contributed by atoms with van der Waals surface area (Å²) in [5, 5.41) is 13.5. The lowest BCUT2D eigenvalue weighted by atomic mass is 10.2. The van der Waals surface area contributed by atoms with E-state index in [1.807, 2.05) is 12.1 Å². The van der Waals surface area contributed by atoms with Crippen molar-refractivity contribution in [1.82, 2.24) is 20.6 Å². The molecular weight excluding hydrogens is 269 g/mol. The van der Waals surface area contributed by atoms with E-state index in [2.05, 4.69) is 36.6 Å². The van der Waals surface area contributed by atoms with Crippen molar-refractivity contribution in [2.24, 2.45) is 0 Å². The van der Waals surface area contributed by atoms with Crippen LogP contribution in [0.1, 0.15) is 0 Å². The van der Waals surface area contributed by atoms with Crippen LogP contribution in [0.3, 0.4) is 0 Å². The zero-order chi connectivity index (χ0) is 9.26. The lowest BCUT2D eigenvalue weighted by Crippen LogP contribution is -1.87. The van der Waals surface area contributed by atoms with Gasteiger partial charge in [0.1, 0.15) is 0 Å². The molecule has 0 amide bonds. The topological polar surface area (TPSA) is 80.5 Å². The molecule has 2 rings (SSSR count). The van der Waals surface area contributed by atoms with Crippen molar-refractivity contribution in [2.45, 2.75) is 0 Å². The minimum atomic E-state index is 0. The average molecular weight is 277 g/mol. The highest BCUT2D eigenvalue weighted by Gasteiger charge is 2.03. The molecule has 0 fully saturated rings. The molecule has 0 unspecified atom stereocenters. The van der Waals surface area contributed by atoms with Crippen molar-refractivity contribution >= 4 is 34.0 Å². The fraction of sp³-hybridized carbons (Fsp3) is 0. The van der Waals surface area contributed by atoms with Crippen LogP contribution in [0.5, 0.6) is 0 Å². The number of nitrogen functional groups attached to an aromatic ring is 1. The zero-order valence-electron chi connectivity index (χ0n) is 6.94. The number of tetrazole rings is 1. The number of nitrogens with two attached hydrogens (primary N) is 1. The number of hydrogen-bond donors (Lipinski definition) is 2. The normalized spacial score (nSPS) is 9.50. The molecule has 1 heterocycles. The monoisotopic (exact) mass is 275 g/mol. The number of hydrogen-bond acceptors (Lipinski definition) is 4. The molecule has 74 valence electrons. The van der Waals surface area contributed by atoms with Gasteiger partial charge in [0, 0.05) is 15.7 Å². The van der Waals surface area contributed by atoms with Gasteiger partial charge in [-0.1, -0.05) is 15.9 Å². The Bertz CT molecular complexity index is 396. The largest absolute Gasteiger partial charge is 0.399 e. The maximum Gasteiger partial charge on any atom is 0.204 e. The van der Waals surface area contributed by atoms with Crippen molar-refractivity contribution in [3.8, 4) is 11.4 Å². The number of halogens is 2. The van der Waals surface area contributed by atoms with Gasteiger partial charge < -0.3 is 5.73 Å². The van der Waals surface area contributed by atoms with E-state index in [4.69, 9.17) is 5.73 Å². The molecule has 0 aliphatic rings. The Labute approximate surface area is 94.6 Å². The van der Waals surface area contributed by atoms with Crippen molar-refractivity contribution in [3.63, 3.8) is 0 Å². The predicted octanol–water partition coefficient (Wildman–Crippen LogP) is 1.63. The number of benzene rings is 1. The lowest BCUT2D eigenvalue weighted by Gasteiger charge is -1.98. The van der Waals surface area contributed by atoms with E-state index in [9.17, 15) is 0 Å². The first-order valence-electron chi connectivity index (χ1n) is 3.55. The molecule has 1 aromatic carbocycles. The highest BCUT2D eigenvalue weighted by molar-refractivity contribution is 9.10. The fourth-order valence-corrected chi connectivity index (χ4v) is 1.54. The molecule has 0 aliphatic carbocycles. The highest BCUT2D eigenvalue weighted by Crippen LogP contribution is 2.22. The molecule has 0 saturated heterocycles. The summed E-state index contributed by atoms with van der Waals surface area (Å²) in [6.45, 7) is 0. The number of aromatic amines is 1. The number of aromatic nitrogens is 4. The third-order valence-corrected chi connectivity index (χ3v) is 1.98. The van der Waals surface area contributed by atoms with Crippen LogP contribution in [0, 0.1) is 0 Å². The van der Waals surface area contributed by atoms with Gasteiger partial charge in [-0.15, -0.1) is 22.6 Å². The van der Waals surface area contributed by atoms with Gasteiger partial charge in [-0.2, -0.15) is 5.21 Å². The summed E-state index contributed by atoms with van der Waals surface area (Å²) >= 11 is 3.33. The maximum atomic E-state index is 5.65. The zero-order valence-corrected chi connectivity index (χ0v) is 9.34. The first-order chi connectivity index (χ1) is 6.25. The summed E-state index contributed by atoms with van der Waals surface area (Å²) in [4.78, 5) is 0. The van der Waals surface area contributed by atoms with Crippen LogP contribution < -0.4 is 5.73 Å². The van der Waals surface area contributed by atoms with Gasteiger partial charge in [0.15, 0.2) is 0 Å². The molecule has 1 aromatic heterocycles. The van der Waals surface area contributed by atoms with E-state index in [1.54, 1.807) is 6.07 Å². The van der Waals surface area contributed by atoms with Crippen molar-refractivity contribution in [1.29, 1.82) is 0 Å². The SMILES string of the molecule is Cl.Nc1cc(Br)cc(-c2nn[nH]n2)c1. The van der Waals surface area contributed by atoms with Crippen LogP contribution in [0.25, 0.3) is 11.4 Å². The van der Waals surface area contributed by atoms with Crippen LogP contribution in [-0.2, 0) is 0 Å². The highest BCUT2D eigenvalue weighted by atomic mass is 79.9. The van der Waals surface area contributed by atoms with Crippen molar-refractivity contribution in [2.75, 3.05) is 5.73 Å². The van der Waals surface area contributed by atoms with E-state index in [0.29, 0.717) is 11.5 Å². The summed E-state index contributed by atoms with van der Waals surface area (Å²) in [7, 11) is 0. The summed E-state index contributed by atoms with van der Waals surface area (Å²) in [5.74, 6) is 0.535. The number of rotatable bonds is 1. The first-order valence-corrected chi connectivity index (χ1v) is 4.35. The molecule has 3 N–H and O–H groups in total. The van der Waals surface area contributed by atoms with E-state index >= 15 is 0 Å². The molecule has 0 aliphatic heterocycles. The predicted molar refractivity (Wildman–Crippen MR) is 59.0 cm³/mol. The van der Waals surface area contributed by atoms with E-state index in [-0.39, 0.29) is 12.4 Å². The van der Waals surface area contributed by atoms with Crippen molar-refractivity contribution in [3.05, 3.63) is 22.7 Å². The van der Waals surface area contributed by atoms with Gasteiger partial charge in [-0.05, 0) is 23.4 Å². The van der Waals surface area contributed by atoms with Crippen LogP contribution in [-0.4, -0.2) is 20.6 Å². The van der Waals surface area contributed by atoms with Crippen LogP contribution >= 0.6 is 28.3 Å². The minimum Gasteiger partial charge on any atom is -0.399 e. The molecule has 0 radical (unpaired) electrons. The van der Waals surface area contributed by atoms with Gasteiger partial charge in [-0.25, -0.2) is 0 Å². The Balaban J connectivity index is 0.000000980. The molecular formula is C7H7BrClN5. The number of anilines is 1. The van der Waals surface area contributed by atoms with Crippen LogP contribution in [0.15, 0.2) is 22.7 Å². The summed E-state index contributed by atoms with van der Waals surface area (Å²) in [6, 6.07) is 5.47.